The standard InChI is InChI=1S/C26H29F3N6O2/c1-33(2)15-24(36)35-9-6-17(7-10-35)8-11-37-23-5-4-18(12-19(23)26(27,28)29)20-13-22-25(21(14-30)32-20)31-16-34(22)3/h4-5,12-13,16-17H,6-11,15H2,1-3H3. The Kier molecular flexibility index (Phi) is 7.68. The quantitative estimate of drug-likeness (QED) is 0.472. The van der Waals surface area contributed by atoms with E-state index in [-0.39, 0.29) is 41.1 Å². The zero-order valence-corrected chi connectivity index (χ0v) is 21.0. The summed E-state index contributed by atoms with van der Waals surface area (Å²) in [6.45, 7) is 1.82. The normalized spacial score (nSPS) is 14.8. The van der Waals surface area contributed by atoms with E-state index in [0.29, 0.717) is 37.1 Å². The van der Waals surface area contributed by atoms with Crippen LogP contribution in [0.2, 0.25) is 0 Å². The molecule has 4 rings (SSSR count). The molecule has 8 nitrogen and oxygen atoms in total. The molecule has 37 heavy (non-hydrogen) atoms. The van der Waals surface area contributed by atoms with Crippen LogP contribution in [0.25, 0.3) is 22.3 Å². The molecule has 1 saturated heterocycles. The van der Waals surface area contributed by atoms with Gasteiger partial charge >= 0.3 is 6.18 Å². The fraction of sp³-hybridized carbons (Fsp3) is 0.462. The van der Waals surface area contributed by atoms with Gasteiger partial charge in [0, 0.05) is 25.7 Å². The first-order valence-electron chi connectivity index (χ1n) is 12.1. The molecule has 0 unspecified atom stereocenters. The van der Waals surface area contributed by atoms with Crippen molar-refractivity contribution in [1.82, 2.24) is 24.3 Å². The second-order valence-electron chi connectivity index (χ2n) is 9.60. The number of nitriles is 1. The summed E-state index contributed by atoms with van der Waals surface area (Å²) in [5.74, 6) is 0.140. The van der Waals surface area contributed by atoms with Gasteiger partial charge < -0.3 is 19.1 Å². The monoisotopic (exact) mass is 514 g/mol. The van der Waals surface area contributed by atoms with Gasteiger partial charge in [0.05, 0.1) is 36.3 Å². The second-order valence-corrected chi connectivity index (χ2v) is 9.60. The molecule has 0 saturated carbocycles. The Labute approximate surface area is 213 Å². The van der Waals surface area contributed by atoms with Crippen LogP contribution in [0.5, 0.6) is 5.75 Å². The van der Waals surface area contributed by atoms with E-state index in [1.807, 2.05) is 30.0 Å². The number of likely N-dealkylation sites (N-methyl/N-ethyl adjacent to an activating group) is 1. The number of hydrogen-bond donors (Lipinski definition) is 0. The van der Waals surface area contributed by atoms with Gasteiger partial charge in [-0.05, 0) is 63.5 Å². The number of amides is 1. The number of halogens is 3. The third-order valence-electron chi connectivity index (χ3n) is 6.60. The number of aryl methyl sites for hydroxylation is 1. The van der Waals surface area contributed by atoms with Crippen molar-refractivity contribution in [3.63, 3.8) is 0 Å². The number of rotatable bonds is 7. The molecule has 1 amide bonds. The minimum Gasteiger partial charge on any atom is -0.493 e. The third kappa shape index (κ3) is 6.02. The van der Waals surface area contributed by atoms with Crippen molar-refractivity contribution in [3.05, 3.63) is 41.9 Å². The first kappa shape index (κ1) is 26.4. The lowest BCUT2D eigenvalue weighted by Gasteiger charge is -2.32. The lowest BCUT2D eigenvalue weighted by Crippen LogP contribution is -2.42. The van der Waals surface area contributed by atoms with E-state index in [0.717, 1.165) is 18.9 Å². The van der Waals surface area contributed by atoms with Crippen LogP contribution in [0.1, 0.15) is 30.5 Å². The summed E-state index contributed by atoms with van der Waals surface area (Å²) in [7, 11) is 5.44. The number of ether oxygens (including phenoxy) is 1. The number of fused-ring (bicyclic) bond motifs is 1. The van der Waals surface area contributed by atoms with Crippen LogP contribution in [0.4, 0.5) is 13.2 Å². The van der Waals surface area contributed by atoms with Gasteiger partial charge in [-0.25, -0.2) is 9.97 Å². The molecule has 0 spiro atoms. The summed E-state index contributed by atoms with van der Waals surface area (Å²) in [5, 5.41) is 9.44. The molecule has 1 fully saturated rings. The molecule has 1 aliphatic heterocycles. The molecule has 3 heterocycles. The summed E-state index contributed by atoms with van der Waals surface area (Å²) < 4.78 is 49.1. The van der Waals surface area contributed by atoms with E-state index in [1.165, 1.54) is 18.5 Å². The maximum Gasteiger partial charge on any atom is 0.419 e. The van der Waals surface area contributed by atoms with Gasteiger partial charge in [0.2, 0.25) is 5.91 Å². The number of pyridine rings is 1. The van der Waals surface area contributed by atoms with E-state index >= 15 is 0 Å². The molecule has 0 radical (unpaired) electrons. The number of carbonyl (C=O) groups excluding carboxylic acids is 1. The molecule has 1 aliphatic rings. The average molecular weight is 515 g/mol. The number of alkyl halides is 3. The number of benzene rings is 1. The molecule has 196 valence electrons. The van der Waals surface area contributed by atoms with Gasteiger partial charge in [0.1, 0.15) is 17.3 Å². The smallest absolute Gasteiger partial charge is 0.419 e. The first-order valence-corrected chi connectivity index (χ1v) is 12.1. The third-order valence-corrected chi connectivity index (χ3v) is 6.60. The Morgan fingerprint density at radius 2 is 1.97 bits per heavy atom. The maximum atomic E-state index is 13.9. The molecule has 2 aromatic heterocycles. The fourth-order valence-electron chi connectivity index (χ4n) is 4.57. The molecule has 1 aromatic carbocycles. The van der Waals surface area contributed by atoms with Crippen molar-refractivity contribution < 1.29 is 22.7 Å². The Balaban J connectivity index is 1.45. The van der Waals surface area contributed by atoms with Gasteiger partial charge in [-0.15, -0.1) is 0 Å². The van der Waals surface area contributed by atoms with Crippen molar-refractivity contribution in [2.75, 3.05) is 40.3 Å². The van der Waals surface area contributed by atoms with Crippen molar-refractivity contribution in [2.24, 2.45) is 13.0 Å². The zero-order valence-electron chi connectivity index (χ0n) is 21.0. The molecule has 3 aromatic rings. The summed E-state index contributed by atoms with van der Waals surface area (Å²) >= 11 is 0. The number of carbonyl (C=O) groups is 1. The molecule has 0 N–H and O–H groups in total. The number of nitrogens with zero attached hydrogens (tertiary/aromatic N) is 6. The van der Waals surface area contributed by atoms with Crippen molar-refractivity contribution >= 4 is 16.9 Å². The van der Waals surface area contributed by atoms with Crippen molar-refractivity contribution in [1.29, 1.82) is 5.26 Å². The number of hydrogen-bond acceptors (Lipinski definition) is 6. The van der Waals surface area contributed by atoms with Gasteiger partial charge in [-0.2, -0.15) is 18.4 Å². The van der Waals surface area contributed by atoms with Crippen LogP contribution in [0.3, 0.4) is 0 Å². The van der Waals surface area contributed by atoms with Gasteiger partial charge in [-0.1, -0.05) is 0 Å². The highest BCUT2D eigenvalue weighted by atomic mass is 19.4. The summed E-state index contributed by atoms with van der Waals surface area (Å²) in [6.07, 6.45) is -0.883. The van der Waals surface area contributed by atoms with E-state index in [1.54, 1.807) is 17.7 Å². The maximum absolute atomic E-state index is 13.9. The van der Waals surface area contributed by atoms with Gasteiger partial charge in [-0.3, -0.25) is 4.79 Å². The van der Waals surface area contributed by atoms with Crippen molar-refractivity contribution in [2.45, 2.75) is 25.4 Å². The minimum absolute atomic E-state index is 0.0523. The average Bonchev–Trinajstić information content (AvgIpc) is 3.23. The lowest BCUT2D eigenvalue weighted by atomic mass is 9.94. The summed E-state index contributed by atoms with van der Waals surface area (Å²) in [4.78, 5) is 24.3. The largest absolute Gasteiger partial charge is 0.493 e. The number of piperidine rings is 1. The highest BCUT2D eigenvalue weighted by Gasteiger charge is 2.35. The predicted octanol–water partition coefficient (Wildman–Crippen LogP) is 4.09. The van der Waals surface area contributed by atoms with E-state index in [4.69, 9.17) is 4.74 Å². The van der Waals surface area contributed by atoms with Gasteiger partial charge in [0.25, 0.3) is 0 Å². The highest BCUT2D eigenvalue weighted by Crippen LogP contribution is 2.39. The van der Waals surface area contributed by atoms with Crippen LogP contribution in [0.15, 0.2) is 30.6 Å². The molecule has 11 heteroatoms. The summed E-state index contributed by atoms with van der Waals surface area (Å²) in [6, 6.07) is 7.42. The number of likely N-dealkylation sites (tertiary alicyclic amines) is 1. The zero-order chi connectivity index (χ0) is 26.7. The molecule has 0 aliphatic carbocycles. The highest BCUT2D eigenvalue weighted by molar-refractivity contribution is 5.84. The minimum atomic E-state index is -4.63. The fourth-order valence-corrected chi connectivity index (χ4v) is 4.57. The Hall–Kier alpha value is -3.65. The summed E-state index contributed by atoms with van der Waals surface area (Å²) in [5.41, 5.74) is 0.646. The number of imidazole rings is 1. The van der Waals surface area contributed by atoms with Crippen molar-refractivity contribution in [3.8, 4) is 23.1 Å². The van der Waals surface area contributed by atoms with E-state index in [2.05, 4.69) is 9.97 Å². The Morgan fingerprint density at radius 1 is 1.24 bits per heavy atom. The molecule has 0 atom stereocenters. The molecular formula is C26H29F3N6O2. The van der Waals surface area contributed by atoms with Crippen LogP contribution in [-0.2, 0) is 18.0 Å². The SMILES string of the molecule is CN(C)CC(=O)N1CCC(CCOc2ccc(-c3cc4c(ncn4C)c(C#N)n3)cc2C(F)(F)F)CC1. The van der Waals surface area contributed by atoms with Crippen LogP contribution < -0.4 is 4.74 Å². The van der Waals surface area contributed by atoms with Crippen LogP contribution >= 0.6 is 0 Å². The Bertz CT molecular complexity index is 1320. The van der Waals surface area contributed by atoms with E-state index < -0.39 is 11.7 Å². The molecular weight excluding hydrogens is 485 g/mol. The number of aromatic nitrogens is 3. The molecule has 0 bridgehead atoms. The Morgan fingerprint density at radius 3 is 2.62 bits per heavy atom. The predicted molar refractivity (Wildman–Crippen MR) is 132 cm³/mol. The second kappa shape index (κ2) is 10.8. The van der Waals surface area contributed by atoms with E-state index in [9.17, 15) is 23.2 Å². The van der Waals surface area contributed by atoms with Crippen LogP contribution in [-0.4, -0.2) is 70.6 Å². The lowest BCUT2D eigenvalue weighted by molar-refractivity contribution is -0.139. The van der Waals surface area contributed by atoms with Crippen LogP contribution in [0, 0.1) is 17.2 Å². The topological polar surface area (TPSA) is 87.3 Å². The van der Waals surface area contributed by atoms with Gasteiger partial charge in [0.15, 0.2) is 5.69 Å². The first-order chi connectivity index (χ1) is 17.6.